The summed E-state index contributed by atoms with van der Waals surface area (Å²) >= 11 is 7.19. The molecule has 0 spiro atoms. The van der Waals surface area contributed by atoms with Crippen molar-refractivity contribution in [1.82, 2.24) is 0 Å². The molecule has 0 amide bonds. The van der Waals surface area contributed by atoms with Crippen molar-refractivity contribution >= 4 is 41.2 Å². The maximum absolute atomic E-state index is 13.1. The van der Waals surface area contributed by atoms with Crippen molar-refractivity contribution in [3.8, 4) is 6.07 Å². The molecule has 1 radical (unpaired) electrons. The van der Waals surface area contributed by atoms with E-state index in [0.29, 0.717) is 23.3 Å². The minimum absolute atomic E-state index is 0. The number of hydrogen-bond donors (Lipinski definition) is 1. The number of nitrogens with two attached hydrogens (primary N) is 1. The minimum atomic E-state index is -0.250. The zero-order chi connectivity index (χ0) is 21.8. The Bertz CT molecular complexity index is 852. The third kappa shape index (κ3) is 6.96. The van der Waals surface area contributed by atoms with Crippen LogP contribution in [-0.4, -0.2) is 24.2 Å². The molecule has 0 saturated heterocycles. The fourth-order valence-electron chi connectivity index (χ4n) is 3.31. The van der Waals surface area contributed by atoms with E-state index < -0.39 is 0 Å². The topological polar surface area (TPSA) is 91.6 Å². The van der Waals surface area contributed by atoms with Crippen molar-refractivity contribution in [3.05, 3.63) is 44.9 Å². The summed E-state index contributed by atoms with van der Waals surface area (Å²) in [7, 11) is 0. The zero-order valence-electron chi connectivity index (χ0n) is 17.7. The van der Waals surface area contributed by atoms with E-state index in [2.05, 4.69) is 28.2 Å². The van der Waals surface area contributed by atoms with Gasteiger partial charge in [0.25, 0.3) is 0 Å². The van der Waals surface area contributed by atoms with Gasteiger partial charge in [-0.3, -0.25) is 31.4 Å². The number of alkyl halides is 1. The van der Waals surface area contributed by atoms with E-state index >= 15 is 0 Å². The van der Waals surface area contributed by atoms with E-state index in [1.165, 1.54) is 23.6 Å². The van der Waals surface area contributed by atoms with E-state index in [-0.39, 0.29) is 42.0 Å². The fourth-order valence-corrected chi connectivity index (χ4v) is 4.42. The second kappa shape index (κ2) is 15.2. The summed E-state index contributed by atoms with van der Waals surface area (Å²) in [5, 5.41) is 12.5. The Kier molecular flexibility index (Phi) is 14.4. The van der Waals surface area contributed by atoms with Crippen LogP contribution in [0, 0.1) is 16.7 Å². The zero-order valence-corrected chi connectivity index (χ0v) is 20.7. The van der Waals surface area contributed by atoms with Crippen LogP contribution in [0.3, 0.4) is 0 Å². The normalized spacial score (nSPS) is 16.4. The molecule has 0 saturated carbocycles. The Balaban J connectivity index is 0.00000272. The van der Waals surface area contributed by atoms with Gasteiger partial charge in [0, 0.05) is 36.0 Å². The third-order valence-corrected chi connectivity index (χ3v) is 5.60. The number of nitriles is 1. The largest absolute Gasteiger partial charge is 0.402 e. The molecule has 161 valence electrons. The molecule has 1 atom stereocenters. The molecule has 1 heterocycles. The van der Waals surface area contributed by atoms with E-state index in [1.807, 2.05) is 20.8 Å². The van der Waals surface area contributed by atoms with Crippen molar-refractivity contribution in [2.24, 2.45) is 15.7 Å². The van der Waals surface area contributed by atoms with E-state index in [4.69, 9.17) is 17.3 Å². The summed E-state index contributed by atoms with van der Waals surface area (Å²) in [4.78, 5) is 22.0. The second-order valence-corrected chi connectivity index (χ2v) is 7.29. The van der Waals surface area contributed by atoms with Crippen LogP contribution in [0.25, 0.3) is 0 Å². The summed E-state index contributed by atoms with van der Waals surface area (Å²) in [6, 6.07) is 2.18. The third-order valence-electron chi connectivity index (χ3n) is 4.50. The average Bonchev–Trinajstić information content (AvgIpc) is 3.19. The summed E-state index contributed by atoms with van der Waals surface area (Å²) in [5.41, 5.74) is 9.27. The van der Waals surface area contributed by atoms with E-state index in [1.54, 1.807) is 0 Å². The molecule has 0 fully saturated rings. The van der Waals surface area contributed by atoms with Gasteiger partial charge in [0.2, 0.25) is 5.78 Å². The van der Waals surface area contributed by atoms with Gasteiger partial charge >= 0.3 is 0 Å². The predicted octanol–water partition coefficient (Wildman–Crippen LogP) is 5.30. The van der Waals surface area contributed by atoms with Crippen LogP contribution < -0.4 is 5.73 Å². The smallest absolute Gasteiger partial charge is 0.208 e. The van der Waals surface area contributed by atoms with Gasteiger partial charge in [0.15, 0.2) is 0 Å². The summed E-state index contributed by atoms with van der Waals surface area (Å²) in [5.74, 6) is -0.394. The molecule has 1 aliphatic carbocycles. The van der Waals surface area contributed by atoms with Crippen molar-refractivity contribution in [1.29, 1.82) is 5.26 Å². The number of thiophene rings is 1. The molecule has 0 bridgehead atoms. The van der Waals surface area contributed by atoms with Gasteiger partial charge in [-0.05, 0) is 31.2 Å². The molecule has 5 nitrogen and oxygen atoms in total. The molecule has 30 heavy (non-hydrogen) atoms. The van der Waals surface area contributed by atoms with Crippen LogP contribution in [0.15, 0.2) is 33.5 Å². The summed E-state index contributed by atoms with van der Waals surface area (Å²) in [6.45, 7) is 9.37. The van der Waals surface area contributed by atoms with Crippen molar-refractivity contribution in [2.75, 3.05) is 6.00 Å². The molecule has 0 aromatic carbocycles. The van der Waals surface area contributed by atoms with Crippen LogP contribution in [-0.2, 0) is 29.8 Å². The number of rotatable bonds is 8. The van der Waals surface area contributed by atoms with Crippen molar-refractivity contribution in [2.45, 2.75) is 58.8 Å². The van der Waals surface area contributed by atoms with Gasteiger partial charge in [0.1, 0.15) is 11.7 Å². The Labute approximate surface area is 200 Å². The van der Waals surface area contributed by atoms with Gasteiger partial charge in [-0.25, -0.2) is 0 Å². The number of nitrogens with zero attached hydrogens (tertiary/aromatic N) is 3. The molecular weight excluding hydrogens is 455 g/mol. The second-order valence-electron chi connectivity index (χ2n) is 6.15. The number of halogens is 1. The standard InChI is InChI=1S/C20H22ClN4OS.C2H6.V/c1-3-5-15(20(26)16(25-12-21)8-9-24-2)19(23)14-6-4-7-17-18(14)13(10-22)11-27-17;1-2;/h8-9,14H,2-7,12,23H2,1H3;1-2H3;/q-1;;/b9-8-,19-15-,25-16+;;/t14-;;/m0../s1. The van der Waals surface area contributed by atoms with E-state index in [0.717, 1.165) is 36.1 Å². The van der Waals surface area contributed by atoms with Gasteiger partial charge in [-0.1, -0.05) is 57.4 Å². The molecule has 1 aromatic heterocycles. The molecule has 2 rings (SSSR count). The molecule has 1 aromatic rings. The first kappa shape index (κ1) is 28.4. The summed E-state index contributed by atoms with van der Waals surface area (Å²) < 4.78 is 0. The number of allylic oxidation sites excluding steroid dienone is 3. The number of ketones is 1. The van der Waals surface area contributed by atoms with Crippen LogP contribution in [0.1, 0.15) is 68.4 Å². The van der Waals surface area contributed by atoms with Crippen molar-refractivity contribution < 1.29 is 23.4 Å². The number of aryl methyl sites for hydroxylation is 1. The van der Waals surface area contributed by atoms with Crippen LogP contribution in [0.5, 0.6) is 0 Å². The Morgan fingerprint density at radius 2 is 2.20 bits per heavy atom. The number of carbonyl (C=O) groups excluding carboxylic acids is 1. The molecule has 0 unspecified atom stereocenters. The van der Waals surface area contributed by atoms with Gasteiger partial charge < -0.3 is 5.73 Å². The van der Waals surface area contributed by atoms with Gasteiger partial charge in [0.05, 0.1) is 0 Å². The van der Waals surface area contributed by atoms with Gasteiger partial charge in [-0.2, -0.15) is 0 Å². The van der Waals surface area contributed by atoms with Crippen LogP contribution >= 0.6 is 22.9 Å². The van der Waals surface area contributed by atoms with Crippen LogP contribution in [0.4, 0.5) is 0 Å². The first-order valence-corrected chi connectivity index (χ1v) is 11.1. The monoisotopic (exact) mass is 482 g/mol. The van der Waals surface area contributed by atoms with Crippen molar-refractivity contribution in [3.63, 3.8) is 0 Å². The number of fused-ring (bicyclic) bond motifs is 1. The average molecular weight is 483 g/mol. The maximum Gasteiger partial charge on any atom is 0.208 e. The maximum atomic E-state index is 13.1. The number of Topliss-reactive ketones (excluding diaryl/α,β-unsaturated/α-hetero) is 1. The minimum Gasteiger partial charge on any atom is -0.402 e. The molecule has 1 aliphatic rings. The molecular formula is C22H28ClN4OSV-. The Morgan fingerprint density at radius 3 is 2.77 bits per heavy atom. The summed E-state index contributed by atoms with van der Waals surface area (Å²) in [6.07, 6.45) is 6.89. The fraction of sp³-hybridized carbons (Fsp3) is 0.455. The number of carbonyl (C=O) groups is 1. The SMILES string of the molecule is C=N/C=C\C(=N/CCl)C(=O)/C(CCC)=C(\N)[C@H]1CCCc2s[c-]c(C#N)c21.CC.[V]. The number of aliphatic imine (C=N–C) groups is 2. The van der Waals surface area contributed by atoms with Gasteiger partial charge in [-0.15, -0.1) is 22.0 Å². The number of hydrogen-bond acceptors (Lipinski definition) is 6. The predicted molar refractivity (Wildman–Crippen MR) is 123 cm³/mol. The molecule has 2 N–H and O–H groups in total. The Hall–Kier alpha value is -1.65. The van der Waals surface area contributed by atoms with Crippen LogP contribution in [0.2, 0.25) is 0 Å². The molecule has 0 aliphatic heterocycles. The quantitative estimate of drug-likeness (QED) is 0.179. The Morgan fingerprint density at radius 1 is 1.50 bits per heavy atom. The van der Waals surface area contributed by atoms with E-state index in [9.17, 15) is 10.1 Å². The first-order valence-electron chi connectivity index (χ1n) is 9.78. The first-order chi connectivity index (χ1) is 14.1. The molecule has 8 heteroatoms.